The van der Waals surface area contributed by atoms with Crippen LogP contribution in [-0.4, -0.2) is 46.4 Å². The van der Waals surface area contributed by atoms with Crippen molar-refractivity contribution in [2.24, 2.45) is 10.8 Å². The van der Waals surface area contributed by atoms with Gasteiger partial charge in [-0.1, -0.05) is 0 Å². The molecule has 9 nitrogen and oxygen atoms in total. The van der Waals surface area contributed by atoms with E-state index in [1.807, 2.05) is 0 Å². The fourth-order valence-electron chi connectivity index (χ4n) is 2.81. The highest BCUT2D eigenvalue weighted by molar-refractivity contribution is 5.76. The highest BCUT2D eigenvalue weighted by Crippen LogP contribution is 2.41. The minimum absolute atomic E-state index is 0.0858. The number of carbonyl (C=O) groups is 2. The number of ether oxygens (including phenoxy) is 4. The van der Waals surface area contributed by atoms with Crippen molar-refractivity contribution in [3.63, 3.8) is 0 Å². The number of hydrogen-bond donors (Lipinski definition) is 0. The van der Waals surface area contributed by atoms with Gasteiger partial charge in [0.15, 0.2) is 18.4 Å². The van der Waals surface area contributed by atoms with Crippen molar-refractivity contribution in [3.8, 4) is 6.01 Å². The molecule has 0 N–H and O–H groups in total. The van der Waals surface area contributed by atoms with Gasteiger partial charge in [-0.15, -0.1) is 0 Å². The average molecular weight is 394 g/mol. The van der Waals surface area contributed by atoms with Crippen LogP contribution in [-0.2, 0) is 23.8 Å². The van der Waals surface area contributed by atoms with Crippen LogP contribution in [0.15, 0.2) is 17.1 Å². The van der Waals surface area contributed by atoms with Crippen LogP contribution in [0, 0.1) is 10.8 Å². The largest absolute Gasteiger partial charge is 0.462 e. The van der Waals surface area contributed by atoms with E-state index in [1.165, 1.54) is 12.3 Å². The van der Waals surface area contributed by atoms with E-state index in [9.17, 15) is 14.4 Å². The molecule has 4 unspecified atom stereocenters. The fraction of sp³-hybridized carbons (Fsp3) is 0.684. The van der Waals surface area contributed by atoms with Crippen molar-refractivity contribution in [3.05, 3.63) is 22.6 Å². The van der Waals surface area contributed by atoms with Crippen LogP contribution in [0.25, 0.3) is 0 Å². The van der Waals surface area contributed by atoms with Crippen molar-refractivity contribution >= 4 is 11.9 Å². The Balaban J connectivity index is 1.82. The highest BCUT2D eigenvalue weighted by atomic mass is 16.7. The predicted molar refractivity (Wildman–Crippen MR) is 96.6 cm³/mol. The zero-order valence-corrected chi connectivity index (χ0v) is 16.9. The molecule has 0 saturated carbocycles. The first-order valence-electron chi connectivity index (χ1n) is 9.17. The second-order valence-electron chi connectivity index (χ2n) is 9.07. The number of carbonyl (C=O) groups excluding carboxylic acids is 2. The Hall–Kier alpha value is -2.42. The summed E-state index contributed by atoms with van der Waals surface area (Å²) >= 11 is 0. The lowest BCUT2D eigenvalue weighted by Gasteiger charge is -2.26. The SMILES string of the molecule is CC(C)(C)C(=O)OCC1OC2C(Oc3nc(=O)ccn32)C1OC(=O)C(C)(C)C. The second kappa shape index (κ2) is 6.88. The highest BCUT2D eigenvalue weighted by Gasteiger charge is 2.55. The van der Waals surface area contributed by atoms with Crippen molar-refractivity contribution in [1.29, 1.82) is 0 Å². The Kier molecular flexibility index (Phi) is 4.99. The molecule has 2 aliphatic heterocycles. The first-order chi connectivity index (χ1) is 12.9. The first kappa shape index (κ1) is 20.3. The second-order valence-corrected chi connectivity index (χ2v) is 9.07. The molecule has 0 aromatic carbocycles. The maximum absolute atomic E-state index is 12.5. The molecule has 0 radical (unpaired) electrons. The summed E-state index contributed by atoms with van der Waals surface area (Å²) < 4.78 is 24.4. The summed E-state index contributed by atoms with van der Waals surface area (Å²) in [5.41, 5.74) is -1.84. The summed E-state index contributed by atoms with van der Waals surface area (Å²) in [6.07, 6.45) is -1.35. The van der Waals surface area contributed by atoms with E-state index in [-0.39, 0.29) is 18.6 Å². The van der Waals surface area contributed by atoms with Gasteiger partial charge >= 0.3 is 17.9 Å². The molecule has 1 aromatic rings. The maximum atomic E-state index is 12.5. The van der Waals surface area contributed by atoms with Gasteiger partial charge in [0.2, 0.25) is 0 Å². The average Bonchev–Trinajstić information content (AvgIpc) is 3.06. The monoisotopic (exact) mass is 394 g/mol. The third-order valence-electron chi connectivity index (χ3n) is 4.45. The normalized spacial score (nSPS) is 26.2. The summed E-state index contributed by atoms with van der Waals surface area (Å²) in [6, 6.07) is 1.39. The molecule has 3 heterocycles. The van der Waals surface area contributed by atoms with Gasteiger partial charge < -0.3 is 18.9 Å². The molecule has 0 aliphatic carbocycles. The van der Waals surface area contributed by atoms with Crippen LogP contribution in [0.5, 0.6) is 6.01 Å². The number of rotatable bonds is 3. The van der Waals surface area contributed by atoms with E-state index >= 15 is 0 Å². The molecule has 0 amide bonds. The third kappa shape index (κ3) is 3.89. The number of aromatic nitrogens is 2. The van der Waals surface area contributed by atoms with Gasteiger partial charge in [0, 0.05) is 12.3 Å². The van der Waals surface area contributed by atoms with Gasteiger partial charge in [0.1, 0.15) is 12.7 Å². The zero-order chi connectivity index (χ0) is 20.9. The summed E-state index contributed by atoms with van der Waals surface area (Å²) in [7, 11) is 0. The van der Waals surface area contributed by atoms with Crippen molar-refractivity contribution in [1.82, 2.24) is 9.55 Å². The molecule has 0 bridgehead atoms. The van der Waals surface area contributed by atoms with Gasteiger partial charge in [-0.25, -0.2) is 0 Å². The van der Waals surface area contributed by atoms with Gasteiger partial charge in [0.05, 0.1) is 10.8 Å². The molecule has 1 fully saturated rings. The van der Waals surface area contributed by atoms with Crippen LogP contribution in [0.2, 0.25) is 0 Å². The van der Waals surface area contributed by atoms with Gasteiger partial charge in [0.25, 0.3) is 5.56 Å². The third-order valence-corrected chi connectivity index (χ3v) is 4.45. The number of esters is 2. The van der Waals surface area contributed by atoms with Crippen LogP contribution in [0.1, 0.15) is 47.8 Å². The fourth-order valence-corrected chi connectivity index (χ4v) is 2.81. The van der Waals surface area contributed by atoms with Crippen LogP contribution >= 0.6 is 0 Å². The Labute approximate surface area is 162 Å². The lowest BCUT2D eigenvalue weighted by molar-refractivity contribution is -0.170. The summed E-state index contributed by atoms with van der Waals surface area (Å²) in [6.45, 7) is 10.4. The molecular formula is C19H26N2O7. The van der Waals surface area contributed by atoms with E-state index in [4.69, 9.17) is 18.9 Å². The summed E-state index contributed by atoms with van der Waals surface area (Å²) in [5.74, 6) is -0.823. The zero-order valence-electron chi connectivity index (χ0n) is 16.9. The Morgan fingerprint density at radius 3 is 2.39 bits per heavy atom. The molecule has 9 heteroatoms. The standard InChI is InChI=1S/C19H26N2O7/c1-18(2,3)15(23)25-9-10-12(27-16(24)19(4,5)6)13-14(26-10)21-8-7-11(22)20-17(21)28-13/h7-8,10,12-14H,9H2,1-6H3. The van der Waals surface area contributed by atoms with E-state index in [1.54, 1.807) is 46.1 Å². The Morgan fingerprint density at radius 1 is 1.14 bits per heavy atom. The smallest absolute Gasteiger partial charge is 0.311 e. The molecule has 4 atom stereocenters. The predicted octanol–water partition coefficient (Wildman–Crippen LogP) is 1.45. The number of hydrogen-bond acceptors (Lipinski definition) is 8. The van der Waals surface area contributed by atoms with E-state index in [0.717, 1.165) is 0 Å². The maximum Gasteiger partial charge on any atom is 0.311 e. The molecule has 2 aliphatic rings. The van der Waals surface area contributed by atoms with Crippen molar-refractivity contribution in [2.75, 3.05) is 6.61 Å². The summed E-state index contributed by atoms with van der Waals surface area (Å²) in [4.78, 5) is 39.9. The van der Waals surface area contributed by atoms with Gasteiger partial charge in [-0.3, -0.25) is 19.0 Å². The molecule has 0 spiro atoms. The molecule has 154 valence electrons. The van der Waals surface area contributed by atoms with Crippen LogP contribution < -0.4 is 10.3 Å². The van der Waals surface area contributed by atoms with Crippen LogP contribution in [0.4, 0.5) is 0 Å². The lowest BCUT2D eigenvalue weighted by atomic mass is 9.97. The molecule has 1 aromatic heterocycles. The topological polar surface area (TPSA) is 106 Å². The molecular weight excluding hydrogens is 368 g/mol. The summed E-state index contributed by atoms with van der Waals surface area (Å²) in [5, 5.41) is 0. The minimum atomic E-state index is -0.818. The van der Waals surface area contributed by atoms with E-state index in [2.05, 4.69) is 4.98 Å². The van der Waals surface area contributed by atoms with E-state index < -0.39 is 46.9 Å². The quantitative estimate of drug-likeness (QED) is 0.709. The molecule has 28 heavy (non-hydrogen) atoms. The van der Waals surface area contributed by atoms with Gasteiger partial charge in [-0.05, 0) is 41.5 Å². The van der Waals surface area contributed by atoms with Crippen molar-refractivity contribution < 1.29 is 28.5 Å². The number of nitrogens with zero attached hydrogens (tertiary/aromatic N) is 2. The van der Waals surface area contributed by atoms with E-state index in [0.29, 0.717) is 0 Å². The van der Waals surface area contributed by atoms with Crippen LogP contribution in [0.3, 0.4) is 0 Å². The minimum Gasteiger partial charge on any atom is -0.462 e. The molecule has 1 saturated heterocycles. The molecule has 3 rings (SSSR count). The van der Waals surface area contributed by atoms with Crippen molar-refractivity contribution in [2.45, 2.75) is 66.1 Å². The van der Waals surface area contributed by atoms with Gasteiger partial charge in [-0.2, -0.15) is 4.98 Å². The first-order valence-corrected chi connectivity index (χ1v) is 9.17. The Morgan fingerprint density at radius 2 is 1.79 bits per heavy atom. The Bertz CT molecular complexity index is 834. The number of fused-ring (bicyclic) bond motifs is 3. The lowest BCUT2D eigenvalue weighted by Crippen LogP contribution is -2.43.